The number of aromatic amines is 1. The van der Waals surface area contributed by atoms with Gasteiger partial charge < -0.3 is 9.84 Å². The van der Waals surface area contributed by atoms with E-state index in [4.69, 9.17) is 9.84 Å². The molecule has 0 amide bonds. The van der Waals surface area contributed by atoms with E-state index in [2.05, 4.69) is 10.2 Å². The van der Waals surface area contributed by atoms with Crippen LogP contribution in [0, 0.1) is 6.92 Å². The van der Waals surface area contributed by atoms with E-state index in [0.717, 1.165) is 0 Å². The molecule has 5 nitrogen and oxygen atoms in total. The van der Waals surface area contributed by atoms with Crippen LogP contribution in [0.4, 0.5) is 0 Å². The van der Waals surface area contributed by atoms with Crippen LogP contribution in [0.3, 0.4) is 0 Å². The first kappa shape index (κ1) is 11.2. The molecule has 0 spiro atoms. The summed E-state index contributed by atoms with van der Waals surface area (Å²) in [5, 5.41) is 15.8. The molecule has 0 saturated carbocycles. The summed E-state index contributed by atoms with van der Waals surface area (Å²) in [6, 6.07) is 7.14. The van der Waals surface area contributed by atoms with Gasteiger partial charge in [0.25, 0.3) is 0 Å². The third-order valence-corrected chi connectivity index (χ3v) is 2.50. The molecule has 2 rings (SSSR count). The lowest BCUT2D eigenvalue weighted by atomic mass is 10.1. The fourth-order valence-electron chi connectivity index (χ4n) is 1.67. The molecule has 1 heterocycles. The van der Waals surface area contributed by atoms with Crippen LogP contribution in [0.1, 0.15) is 16.1 Å². The lowest BCUT2D eigenvalue weighted by Crippen LogP contribution is -1.99. The fraction of sp³-hybridized carbons (Fsp3) is 0.167. The Morgan fingerprint density at radius 3 is 2.88 bits per heavy atom. The Bertz CT molecular complexity index is 561. The number of benzene rings is 1. The van der Waals surface area contributed by atoms with Crippen molar-refractivity contribution in [2.75, 3.05) is 7.11 Å². The first-order chi connectivity index (χ1) is 8.13. The molecule has 0 saturated heterocycles. The summed E-state index contributed by atoms with van der Waals surface area (Å²) in [5.41, 5.74) is 1.87. The molecular formula is C12H12N2O3. The van der Waals surface area contributed by atoms with Gasteiger partial charge >= 0.3 is 5.97 Å². The highest BCUT2D eigenvalue weighted by Crippen LogP contribution is 2.26. The standard InChI is InChI=1S/C12H12N2O3/c1-7-10(12(15)16)11(14-13-7)8-4-3-5-9(6-8)17-2/h3-6H,1-2H3,(H,13,14)(H,15,16). The van der Waals surface area contributed by atoms with Gasteiger partial charge in [0.1, 0.15) is 17.0 Å². The van der Waals surface area contributed by atoms with Crippen molar-refractivity contribution in [3.8, 4) is 17.0 Å². The first-order valence-corrected chi connectivity index (χ1v) is 5.06. The maximum atomic E-state index is 11.1. The van der Waals surface area contributed by atoms with Crippen LogP contribution in [0.5, 0.6) is 5.75 Å². The second kappa shape index (κ2) is 4.29. The van der Waals surface area contributed by atoms with E-state index in [1.807, 2.05) is 0 Å². The van der Waals surface area contributed by atoms with Crippen molar-refractivity contribution in [3.63, 3.8) is 0 Å². The number of hydrogen-bond donors (Lipinski definition) is 2. The molecule has 0 aliphatic rings. The Balaban J connectivity index is 2.56. The minimum atomic E-state index is -0.992. The first-order valence-electron chi connectivity index (χ1n) is 5.06. The zero-order valence-electron chi connectivity index (χ0n) is 9.52. The largest absolute Gasteiger partial charge is 0.497 e. The number of rotatable bonds is 3. The quantitative estimate of drug-likeness (QED) is 0.849. The van der Waals surface area contributed by atoms with Crippen molar-refractivity contribution in [2.45, 2.75) is 6.92 Å². The van der Waals surface area contributed by atoms with E-state index in [9.17, 15) is 4.79 Å². The highest BCUT2D eigenvalue weighted by molar-refractivity contribution is 5.96. The average molecular weight is 232 g/mol. The number of ether oxygens (including phenoxy) is 1. The van der Waals surface area contributed by atoms with Gasteiger partial charge in [0.2, 0.25) is 0 Å². The van der Waals surface area contributed by atoms with Crippen molar-refractivity contribution in [1.29, 1.82) is 0 Å². The van der Waals surface area contributed by atoms with Gasteiger partial charge in [0.15, 0.2) is 0 Å². The molecule has 0 bridgehead atoms. The van der Waals surface area contributed by atoms with Gasteiger partial charge in [0.05, 0.1) is 7.11 Å². The Hall–Kier alpha value is -2.30. The molecule has 0 atom stereocenters. The molecule has 0 aliphatic carbocycles. The summed E-state index contributed by atoms with van der Waals surface area (Å²) >= 11 is 0. The van der Waals surface area contributed by atoms with E-state index in [1.54, 1.807) is 38.3 Å². The Morgan fingerprint density at radius 2 is 2.24 bits per heavy atom. The summed E-state index contributed by atoms with van der Waals surface area (Å²) in [7, 11) is 1.56. The molecule has 1 aromatic carbocycles. The minimum absolute atomic E-state index is 0.193. The second-order valence-corrected chi connectivity index (χ2v) is 3.61. The van der Waals surface area contributed by atoms with Gasteiger partial charge in [0, 0.05) is 11.3 Å². The molecule has 5 heteroatoms. The number of carboxylic acid groups (broad SMARTS) is 1. The van der Waals surface area contributed by atoms with Crippen molar-refractivity contribution < 1.29 is 14.6 Å². The smallest absolute Gasteiger partial charge is 0.339 e. The summed E-state index contributed by atoms with van der Waals surface area (Å²) in [6.45, 7) is 1.68. The van der Waals surface area contributed by atoms with E-state index >= 15 is 0 Å². The van der Waals surface area contributed by atoms with E-state index in [-0.39, 0.29) is 5.56 Å². The summed E-state index contributed by atoms with van der Waals surface area (Å²) in [4.78, 5) is 11.1. The van der Waals surface area contributed by atoms with Crippen LogP contribution in [-0.2, 0) is 0 Å². The predicted octanol–water partition coefficient (Wildman–Crippen LogP) is 2.09. The van der Waals surface area contributed by atoms with Gasteiger partial charge in [-0.15, -0.1) is 0 Å². The number of carboxylic acids is 1. The number of methoxy groups -OCH3 is 1. The molecule has 88 valence electrons. The van der Waals surface area contributed by atoms with Crippen molar-refractivity contribution in [2.24, 2.45) is 0 Å². The number of nitrogens with one attached hydrogen (secondary N) is 1. The van der Waals surface area contributed by atoms with Crippen molar-refractivity contribution in [1.82, 2.24) is 10.2 Å². The van der Waals surface area contributed by atoms with Gasteiger partial charge in [-0.3, -0.25) is 5.10 Å². The third kappa shape index (κ3) is 1.99. The Labute approximate surface area is 98.0 Å². The highest BCUT2D eigenvalue weighted by atomic mass is 16.5. The zero-order valence-corrected chi connectivity index (χ0v) is 9.52. The van der Waals surface area contributed by atoms with Crippen molar-refractivity contribution in [3.05, 3.63) is 35.5 Å². The van der Waals surface area contributed by atoms with Crippen LogP contribution in [0.2, 0.25) is 0 Å². The normalized spacial score (nSPS) is 10.2. The topological polar surface area (TPSA) is 75.2 Å². The zero-order chi connectivity index (χ0) is 12.4. The predicted molar refractivity (Wildman–Crippen MR) is 62.3 cm³/mol. The number of aryl methyl sites for hydroxylation is 1. The monoisotopic (exact) mass is 232 g/mol. The number of H-pyrrole nitrogens is 1. The molecule has 17 heavy (non-hydrogen) atoms. The van der Waals surface area contributed by atoms with Crippen LogP contribution in [-0.4, -0.2) is 28.4 Å². The van der Waals surface area contributed by atoms with Crippen LogP contribution < -0.4 is 4.74 Å². The van der Waals surface area contributed by atoms with Crippen LogP contribution >= 0.6 is 0 Å². The summed E-state index contributed by atoms with van der Waals surface area (Å²) in [6.07, 6.45) is 0. The number of carbonyl (C=O) groups is 1. The SMILES string of the molecule is COc1cccc(-c2n[nH]c(C)c2C(=O)O)c1. The lowest BCUT2D eigenvalue weighted by Gasteiger charge is -2.03. The van der Waals surface area contributed by atoms with Crippen LogP contribution in [0.25, 0.3) is 11.3 Å². The molecule has 2 N–H and O–H groups in total. The van der Waals surface area contributed by atoms with Crippen LogP contribution in [0.15, 0.2) is 24.3 Å². The van der Waals surface area contributed by atoms with Gasteiger partial charge in [-0.25, -0.2) is 4.79 Å². The molecular weight excluding hydrogens is 220 g/mol. The minimum Gasteiger partial charge on any atom is -0.497 e. The Kier molecular flexibility index (Phi) is 2.82. The molecule has 2 aromatic rings. The van der Waals surface area contributed by atoms with Gasteiger partial charge in [-0.1, -0.05) is 12.1 Å². The van der Waals surface area contributed by atoms with Gasteiger partial charge in [-0.2, -0.15) is 5.10 Å². The lowest BCUT2D eigenvalue weighted by molar-refractivity contribution is 0.0697. The molecule has 0 aliphatic heterocycles. The van der Waals surface area contributed by atoms with E-state index in [0.29, 0.717) is 22.7 Å². The highest BCUT2D eigenvalue weighted by Gasteiger charge is 2.18. The summed E-state index contributed by atoms with van der Waals surface area (Å²) < 4.78 is 5.10. The van der Waals surface area contributed by atoms with E-state index in [1.165, 1.54) is 0 Å². The maximum absolute atomic E-state index is 11.1. The second-order valence-electron chi connectivity index (χ2n) is 3.61. The molecule has 0 radical (unpaired) electrons. The van der Waals surface area contributed by atoms with E-state index < -0.39 is 5.97 Å². The average Bonchev–Trinajstić information content (AvgIpc) is 2.71. The molecule has 0 unspecified atom stereocenters. The molecule has 1 aromatic heterocycles. The number of aromatic carboxylic acids is 1. The number of nitrogens with zero attached hydrogens (tertiary/aromatic N) is 1. The molecule has 0 fully saturated rings. The maximum Gasteiger partial charge on any atom is 0.339 e. The number of hydrogen-bond acceptors (Lipinski definition) is 3. The van der Waals surface area contributed by atoms with Crippen molar-refractivity contribution >= 4 is 5.97 Å². The summed E-state index contributed by atoms with van der Waals surface area (Å²) in [5.74, 6) is -0.325. The number of aromatic nitrogens is 2. The fourth-order valence-corrected chi connectivity index (χ4v) is 1.67. The third-order valence-electron chi connectivity index (χ3n) is 2.50. The van der Waals surface area contributed by atoms with Gasteiger partial charge in [-0.05, 0) is 19.1 Å². The Morgan fingerprint density at radius 1 is 1.47 bits per heavy atom.